The SMILES string of the molecule is O=C1NC(=O)[C@@H](CC(=O)c2ccc(Cl)cc2)S1. The molecule has 0 aromatic heterocycles. The molecule has 1 saturated heterocycles. The van der Waals surface area contributed by atoms with Crippen LogP contribution in [-0.2, 0) is 4.79 Å². The van der Waals surface area contributed by atoms with Crippen LogP contribution in [0.15, 0.2) is 24.3 Å². The smallest absolute Gasteiger partial charge is 0.286 e. The molecule has 1 aliphatic rings. The molecule has 0 saturated carbocycles. The number of carbonyl (C=O) groups excluding carboxylic acids is 3. The van der Waals surface area contributed by atoms with Crippen LogP contribution in [0.1, 0.15) is 16.8 Å². The molecule has 0 bridgehead atoms. The van der Waals surface area contributed by atoms with E-state index >= 15 is 0 Å². The average molecular weight is 270 g/mol. The van der Waals surface area contributed by atoms with Crippen molar-refractivity contribution in [1.29, 1.82) is 0 Å². The molecule has 1 atom stereocenters. The lowest BCUT2D eigenvalue weighted by Crippen LogP contribution is -2.25. The summed E-state index contributed by atoms with van der Waals surface area (Å²) in [6.45, 7) is 0. The fourth-order valence-corrected chi connectivity index (χ4v) is 2.39. The van der Waals surface area contributed by atoms with E-state index < -0.39 is 16.4 Å². The van der Waals surface area contributed by atoms with Gasteiger partial charge in [0.05, 0.1) is 0 Å². The van der Waals surface area contributed by atoms with Crippen LogP contribution in [0, 0.1) is 0 Å². The predicted octanol–water partition coefficient (Wildman–Crippen LogP) is 2.26. The van der Waals surface area contributed by atoms with Gasteiger partial charge in [-0.25, -0.2) is 0 Å². The normalized spacial score (nSPS) is 19.2. The number of benzene rings is 1. The van der Waals surface area contributed by atoms with Gasteiger partial charge in [0.25, 0.3) is 5.24 Å². The molecule has 1 aliphatic heterocycles. The Morgan fingerprint density at radius 3 is 2.47 bits per heavy atom. The molecule has 1 heterocycles. The molecule has 17 heavy (non-hydrogen) atoms. The third kappa shape index (κ3) is 2.87. The maximum atomic E-state index is 11.8. The van der Waals surface area contributed by atoms with Crippen molar-refractivity contribution < 1.29 is 14.4 Å². The number of amides is 2. The number of rotatable bonds is 3. The van der Waals surface area contributed by atoms with E-state index in [-0.39, 0.29) is 12.2 Å². The minimum absolute atomic E-state index is 0.0177. The lowest BCUT2D eigenvalue weighted by Gasteiger charge is -2.04. The molecule has 0 aliphatic carbocycles. The van der Waals surface area contributed by atoms with Gasteiger partial charge in [0.15, 0.2) is 5.78 Å². The van der Waals surface area contributed by atoms with Gasteiger partial charge in [-0.15, -0.1) is 0 Å². The Labute approximate surface area is 107 Å². The van der Waals surface area contributed by atoms with Gasteiger partial charge in [0, 0.05) is 17.0 Å². The molecule has 88 valence electrons. The summed E-state index contributed by atoms with van der Waals surface area (Å²) in [5.74, 6) is -0.577. The van der Waals surface area contributed by atoms with Crippen LogP contribution in [-0.4, -0.2) is 22.2 Å². The molecule has 2 amide bonds. The highest BCUT2D eigenvalue weighted by Crippen LogP contribution is 2.23. The zero-order valence-corrected chi connectivity index (χ0v) is 10.2. The summed E-state index contributed by atoms with van der Waals surface area (Å²) in [5.41, 5.74) is 0.488. The van der Waals surface area contributed by atoms with E-state index in [4.69, 9.17) is 11.6 Å². The third-order valence-corrected chi connectivity index (χ3v) is 3.54. The van der Waals surface area contributed by atoms with E-state index in [0.29, 0.717) is 10.6 Å². The van der Waals surface area contributed by atoms with Gasteiger partial charge in [-0.3, -0.25) is 19.7 Å². The Morgan fingerprint density at radius 1 is 1.29 bits per heavy atom. The monoisotopic (exact) mass is 269 g/mol. The summed E-state index contributed by atoms with van der Waals surface area (Å²) in [5, 5.41) is 1.67. The van der Waals surface area contributed by atoms with E-state index in [1.54, 1.807) is 24.3 Å². The van der Waals surface area contributed by atoms with E-state index in [9.17, 15) is 14.4 Å². The van der Waals surface area contributed by atoms with Crippen molar-refractivity contribution in [2.45, 2.75) is 11.7 Å². The Kier molecular flexibility index (Phi) is 3.49. The van der Waals surface area contributed by atoms with Crippen LogP contribution in [0.3, 0.4) is 0 Å². The van der Waals surface area contributed by atoms with Gasteiger partial charge in [-0.05, 0) is 24.3 Å². The van der Waals surface area contributed by atoms with Crippen molar-refractivity contribution in [2.24, 2.45) is 0 Å². The third-order valence-electron chi connectivity index (χ3n) is 2.30. The second-order valence-corrected chi connectivity index (χ2v) is 5.13. The first-order chi connectivity index (χ1) is 8.06. The van der Waals surface area contributed by atoms with Gasteiger partial charge < -0.3 is 0 Å². The molecular formula is C11H8ClNO3S. The van der Waals surface area contributed by atoms with Crippen molar-refractivity contribution in [3.63, 3.8) is 0 Å². The highest BCUT2D eigenvalue weighted by atomic mass is 35.5. The van der Waals surface area contributed by atoms with Gasteiger partial charge in [0.2, 0.25) is 5.91 Å². The fourth-order valence-electron chi connectivity index (χ4n) is 1.45. The van der Waals surface area contributed by atoms with Crippen molar-refractivity contribution in [3.8, 4) is 0 Å². The zero-order valence-electron chi connectivity index (χ0n) is 8.60. The van der Waals surface area contributed by atoms with Crippen LogP contribution in [0.5, 0.6) is 0 Å². The first kappa shape index (κ1) is 12.1. The predicted molar refractivity (Wildman–Crippen MR) is 65.3 cm³/mol. The number of carbonyl (C=O) groups is 3. The van der Waals surface area contributed by atoms with Crippen molar-refractivity contribution in [2.75, 3.05) is 0 Å². The number of thioether (sulfide) groups is 1. The largest absolute Gasteiger partial charge is 0.294 e. The van der Waals surface area contributed by atoms with Gasteiger partial charge in [0.1, 0.15) is 5.25 Å². The Hall–Kier alpha value is -1.33. The quantitative estimate of drug-likeness (QED) is 0.855. The average Bonchev–Trinajstić information content (AvgIpc) is 2.58. The van der Waals surface area contributed by atoms with Crippen molar-refractivity contribution in [1.82, 2.24) is 5.32 Å². The summed E-state index contributed by atoms with van der Waals surface area (Å²) in [4.78, 5) is 34.0. The zero-order chi connectivity index (χ0) is 12.4. The van der Waals surface area contributed by atoms with E-state index in [1.165, 1.54) is 0 Å². The number of hydrogen-bond donors (Lipinski definition) is 1. The van der Waals surface area contributed by atoms with Crippen LogP contribution in [0.4, 0.5) is 4.79 Å². The molecule has 6 heteroatoms. The molecule has 0 radical (unpaired) electrons. The minimum atomic E-state index is -0.620. The summed E-state index contributed by atoms with van der Waals surface area (Å²) in [7, 11) is 0. The first-order valence-corrected chi connectivity index (χ1v) is 6.12. The van der Waals surface area contributed by atoms with Gasteiger partial charge in [-0.2, -0.15) is 0 Å². The lowest BCUT2D eigenvalue weighted by molar-refractivity contribution is -0.118. The molecule has 2 rings (SSSR count). The summed E-state index contributed by atoms with van der Waals surface area (Å²) in [6, 6.07) is 6.43. The molecule has 1 N–H and O–H groups in total. The van der Waals surface area contributed by atoms with Crippen LogP contribution < -0.4 is 5.32 Å². The fraction of sp³-hybridized carbons (Fsp3) is 0.182. The number of Topliss-reactive ketones (excluding diaryl/α,β-unsaturated/α-hetero) is 1. The number of hydrogen-bond acceptors (Lipinski definition) is 4. The molecule has 0 spiro atoms. The highest BCUT2D eigenvalue weighted by molar-refractivity contribution is 8.15. The standard InChI is InChI=1S/C11H8ClNO3S/c12-7-3-1-6(2-4-7)8(14)5-9-10(15)13-11(16)17-9/h1-4,9H,5H2,(H,13,15,16)/t9-/m1/s1. The minimum Gasteiger partial charge on any atom is -0.294 e. The van der Waals surface area contributed by atoms with E-state index in [1.807, 2.05) is 0 Å². The van der Waals surface area contributed by atoms with Crippen molar-refractivity contribution in [3.05, 3.63) is 34.9 Å². The van der Waals surface area contributed by atoms with Crippen LogP contribution in [0.25, 0.3) is 0 Å². The number of nitrogens with one attached hydrogen (secondary N) is 1. The van der Waals surface area contributed by atoms with E-state index in [0.717, 1.165) is 11.8 Å². The summed E-state index contributed by atoms with van der Waals surface area (Å²) >= 11 is 6.56. The number of halogens is 1. The first-order valence-electron chi connectivity index (χ1n) is 4.86. The van der Waals surface area contributed by atoms with Crippen LogP contribution in [0.2, 0.25) is 5.02 Å². The molecule has 1 aromatic rings. The molecule has 1 fully saturated rings. The molecule has 1 aromatic carbocycles. The van der Waals surface area contributed by atoms with Crippen molar-refractivity contribution >= 4 is 40.3 Å². The molecule has 0 unspecified atom stereocenters. The molecule has 4 nitrogen and oxygen atoms in total. The maximum absolute atomic E-state index is 11.8. The Balaban J connectivity index is 2.04. The van der Waals surface area contributed by atoms with Gasteiger partial charge >= 0.3 is 0 Å². The molecular weight excluding hydrogens is 262 g/mol. The highest BCUT2D eigenvalue weighted by Gasteiger charge is 2.33. The second-order valence-electron chi connectivity index (χ2n) is 3.52. The Bertz CT molecular complexity index is 486. The number of imide groups is 1. The second kappa shape index (κ2) is 4.89. The summed E-state index contributed by atoms with van der Waals surface area (Å²) in [6.07, 6.45) is 0.0177. The lowest BCUT2D eigenvalue weighted by atomic mass is 10.1. The summed E-state index contributed by atoms with van der Waals surface area (Å²) < 4.78 is 0. The van der Waals surface area contributed by atoms with E-state index in [2.05, 4.69) is 5.32 Å². The van der Waals surface area contributed by atoms with Crippen LogP contribution >= 0.6 is 23.4 Å². The van der Waals surface area contributed by atoms with Gasteiger partial charge in [-0.1, -0.05) is 23.4 Å². The number of ketones is 1. The maximum Gasteiger partial charge on any atom is 0.286 e. The Morgan fingerprint density at radius 2 is 1.94 bits per heavy atom. The topological polar surface area (TPSA) is 63.2 Å².